The molecule has 23 heavy (non-hydrogen) atoms. The average molecular weight is 381 g/mol. The second-order valence-corrected chi connectivity index (χ2v) is 7.10. The van der Waals surface area contributed by atoms with Gasteiger partial charge in [-0.05, 0) is 43.5 Å². The number of allylic oxidation sites excluding steroid dienone is 1. The van der Waals surface area contributed by atoms with E-state index in [4.69, 9.17) is 0 Å². The van der Waals surface area contributed by atoms with Crippen LogP contribution >= 0.6 is 0 Å². The first-order valence-electron chi connectivity index (χ1n) is 8.35. The second kappa shape index (κ2) is 7.61. The second-order valence-electron chi connectivity index (χ2n) is 7.10. The molecule has 2 aliphatic heterocycles. The standard InChI is InChI=1S/C19H26FN2.BrH/c1-19(2)14-18(21-11-4-3-5-12-21)10-13-22(19)15-16-6-8-17(20)9-7-16;/h6-10,13H,3-5,11-12,14-15H2,1-2H3;1H/q+1;/p-1. The number of piperidine rings is 1. The molecule has 2 heterocycles. The Kier molecular flexibility index (Phi) is 6.01. The molecular weight excluding hydrogens is 355 g/mol. The maximum Gasteiger partial charge on any atom is 0.168 e. The third-order valence-electron chi connectivity index (χ3n) is 4.87. The lowest BCUT2D eigenvalue weighted by Gasteiger charge is -2.36. The zero-order valence-electron chi connectivity index (χ0n) is 14.1. The Morgan fingerprint density at radius 2 is 1.74 bits per heavy atom. The molecule has 126 valence electrons. The summed E-state index contributed by atoms with van der Waals surface area (Å²) >= 11 is 0. The highest BCUT2D eigenvalue weighted by molar-refractivity contribution is 5.68. The summed E-state index contributed by atoms with van der Waals surface area (Å²) in [6.07, 6.45) is 9.57. The zero-order valence-corrected chi connectivity index (χ0v) is 15.7. The predicted molar refractivity (Wildman–Crippen MR) is 88.6 cm³/mol. The Morgan fingerprint density at radius 3 is 2.35 bits per heavy atom. The molecular formula is C19H26BrFN2. The van der Waals surface area contributed by atoms with Crippen molar-refractivity contribution in [2.45, 2.75) is 51.6 Å². The molecule has 3 rings (SSSR count). The van der Waals surface area contributed by atoms with Gasteiger partial charge in [-0.1, -0.05) is 0 Å². The molecule has 0 spiro atoms. The van der Waals surface area contributed by atoms with Gasteiger partial charge in [-0.2, -0.15) is 0 Å². The summed E-state index contributed by atoms with van der Waals surface area (Å²) in [5.41, 5.74) is 2.72. The molecule has 0 saturated carbocycles. The van der Waals surface area contributed by atoms with Crippen molar-refractivity contribution in [1.29, 1.82) is 0 Å². The number of hydrogen-bond acceptors (Lipinski definition) is 1. The molecule has 1 aromatic carbocycles. The molecule has 0 amide bonds. The van der Waals surface area contributed by atoms with Gasteiger partial charge in [0.2, 0.25) is 0 Å². The van der Waals surface area contributed by atoms with Crippen molar-refractivity contribution in [3.05, 3.63) is 47.4 Å². The lowest BCUT2D eigenvalue weighted by Crippen LogP contribution is -3.00. The van der Waals surface area contributed by atoms with Crippen molar-refractivity contribution in [3.63, 3.8) is 0 Å². The molecule has 2 nitrogen and oxygen atoms in total. The average Bonchev–Trinajstić information content (AvgIpc) is 2.52. The molecule has 1 fully saturated rings. The fraction of sp³-hybridized carbons (Fsp3) is 0.526. The Bertz CT molecular complexity index is 584. The van der Waals surface area contributed by atoms with Gasteiger partial charge in [0.25, 0.3) is 0 Å². The predicted octanol–water partition coefficient (Wildman–Crippen LogP) is 0.965. The van der Waals surface area contributed by atoms with Gasteiger partial charge in [-0.15, -0.1) is 0 Å². The van der Waals surface area contributed by atoms with Crippen LogP contribution in [0.3, 0.4) is 0 Å². The van der Waals surface area contributed by atoms with Crippen LogP contribution < -0.4 is 17.0 Å². The number of halogens is 2. The minimum atomic E-state index is -0.169. The van der Waals surface area contributed by atoms with Crippen molar-refractivity contribution in [3.8, 4) is 0 Å². The maximum atomic E-state index is 13.0. The highest BCUT2D eigenvalue weighted by atomic mass is 79.9. The smallest absolute Gasteiger partial charge is 0.168 e. The molecule has 0 bridgehead atoms. The van der Waals surface area contributed by atoms with E-state index in [2.05, 4.69) is 35.6 Å². The molecule has 0 radical (unpaired) electrons. The summed E-state index contributed by atoms with van der Waals surface area (Å²) in [6, 6.07) is 6.84. The van der Waals surface area contributed by atoms with E-state index in [0.717, 1.165) is 18.5 Å². The summed E-state index contributed by atoms with van der Waals surface area (Å²) in [4.78, 5) is 2.55. The number of benzene rings is 1. The summed E-state index contributed by atoms with van der Waals surface area (Å²) < 4.78 is 15.4. The van der Waals surface area contributed by atoms with E-state index in [1.54, 1.807) is 12.1 Å². The van der Waals surface area contributed by atoms with Crippen LogP contribution in [0.2, 0.25) is 0 Å². The topological polar surface area (TPSA) is 6.25 Å². The Morgan fingerprint density at radius 1 is 1.09 bits per heavy atom. The number of likely N-dealkylation sites (tertiary alicyclic amines) is 1. The first kappa shape index (κ1) is 18.2. The van der Waals surface area contributed by atoms with Crippen LogP contribution in [0.4, 0.5) is 4.39 Å². The van der Waals surface area contributed by atoms with Crippen molar-refractivity contribution in [2.24, 2.45) is 0 Å². The summed E-state index contributed by atoms with van der Waals surface area (Å²) in [6.45, 7) is 7.83. The van der Waals surface area contributed by atoms with E-state index in [9.17, 15) is 4.39 Å². The van der Waals surface area contributed by atoms with Crippen molar-refractivity contribution < 1.29 is 25.9 Å². The minimum Gasteiger partial charge on any atom is -1.00 e. The number of nitrogens with zero attached hydrogens (tertiary/aromatic N) is 2. The fourth-order valence-corrected chi connectivity index (χ4v) is 3.43. The number of hydrogen-bond donors (Lipinski definition) is 0. The molecule has 0 N–H and O–H groups in total. The summed E-state index contributed by atoms with van der Waals surface area (Å²) in [5, 5.41) is 0. The Labute approximate surface area is 149 Å². The largest absolute Gasteiger partial charge is 1.00 e. The molecule has 0 atom stereocenters. The Hall–Kier alpha value is -1.16. The van der Waals surface area contributed by atoms with E-state index < -0.39 is 0 Å². The van der Waals surface area contributed by atoms with Crippen LogP contribution in [0.1, 0.15) is 45.1 Å². The lowest BCUT2D eigenvalue weighted by atomic mass is 9.92. The van der Waals surface area contributed by atoms with Gasteiger partial charge in [0.1, 0.15) is 5.82 Å². The molecule has 2 aliphatic rings. The van der Waals surface area contributed by atoms with Crippen molar-refractivity contribution in [2.75, 3.05) is 13.1 Å². The fourth-order valence-electron chi connectivity index (χ4n) is 3.43. The van der Waals surface area contributed by atoms with Crippen LogP contribution in [-0.4, -0.2) is 34.3 Å². The molecule has 1 aromatic rings. The molecule has 0 unspecified atom stereocenters. The molecule has 4 heteroatoms. The van der Waals surface area contributed by atoms with Crippen LogP contribution in [0.5, 0.6) is 0 Å². The summed E-state index contributed by atoms with van der Waals surface area (Å²) in [7, 11) is 0. The van der Waals surface area contributed by atoms with Gasteiger partial charge in [0.05, 0.1) is 6.42 Å². The highest BCUT2D eigenvalue weighted by Crippen LogP contribution is 2.28. The molecule has 0 aliphatic carbocycles. The first-order chi connectivity index (χ1) is 10.5. The van der Waals surface area contributed by atoms with Crippen LogP contribution in [0, 0.1) is 5.82 Å². The van der Waals surface area contributed by atoms with Crippen LogP contribution in [0.15, 0.2) is 36.0 Å². The van der Waals surface area contributed by atoms with E-state index in [1.165, 1.54) is 38.0 Å². The minimum absolute atomic E-state index is 0. The van der Waals surface area contributed by atoms with Gasteiger partial charge in [-0.3, -0.25) is 0 Å². The van der Waals surface area contributed by atoms with Crippen LogP contribution in [0.25, 0.3) is 0 Å². The molecule has 0 aromatic heterocycles. The van der Waals surface area contributed by atoms with E-state index in [-0.39, 0.29) is 28.3 Å². The summed E-state index contributed by atoms with van der Waals surface area (Å²) in [5.74, 6) is -0.169. The van der Waals surface area contributed by atoms with Crippen LogP contribution in [-0.2, 0) is 6.54 Å². The first-order valence-corrected chi connectivity index (χ1v) is 8.35. The monoisotopic (exact) mass is 380 g/mol. The third kappa shape index (κ3) is 4.43. The number of rotatable bonds is 3. The SMILES string of the molecule is CC1(C)CC(N2CCCCC2)=CC=[N+]1Cc1ccc(F)cc1.[Br-]. The van der Waals surface area contributed by atoms with Gasteiger partial charge < -0.3 is 21.9 Å². The lowest BCUT2D eigenvalue weighted by molar-refractivity contribution is -0.612. The Balaban J connectivity index is 0.00000192. The quantitative estimate of drug-likeness (QED) is 0.708. The zero-order chi connectivity index (χ0) is 15.6. The van der Waals surface area contributed by atoms with Crippen molar-refractivity contribution in [1.82, 2.24) is 4.90 Å². The normalized spacial score (nSPS) is 20.4. The molecule has 1 saturated heterocycles. The van der Waals surface area contributed by atoms with Gasteiger partial charge in [0.15, 0.2) is 18.3 Å². The third-order valence-corrected chi connectivity index (χ3v) is 4.87. The maximum absolute atomic E-state index is 13.0. The van der Waals surface area contributed by atoms with E-state index in [1.807, 2.05) is 12.1 Å². The van der Waals surface area contributed by atoms with E-state index >= 15 is 0 Å². The van der Waals surface area contributed by atoms with Gasteiger partial charge in [0, 0.05) is 44.3 Å². The van der Waals surface area contributed by atoms with E-state index in [0.29, 0.717) is 0 Å². The van der Waals surface area contributed by atoms with Crippen molar-refractivity contribution >= 4 is 6.21 Å². The van der Waals surface area contributed by atoms with Gasteiger partial charge in [-0.25, -0.2) is 8.97 Å². The highest BCUT2D eigenvalue weighted by Gasteiger charge is 2.35. The van der Waals surface area contributed by atoms with Gasteiger partial charge >= 0.3 is 0 Å².